The van der Waals surface area contributed by atoms with Crippen molar-refractivity contribution < 1.29 is 9.47 Å². The van der Waals surface area contributed by atoms with Crippen molar-refractivity contribution in [2.24, 2.45) is 0 Å². The monoisotopic (exact) mass is 276 g/mol. The molecule has 1 aromatic heterocycles. The number of aromatic nitrogens is 2. The van der Waals surface area contributed by atoms with E-state index in [1.807, 2.05) is 20.8 Å². The van der Waals surface area contributed by atoms with Crippen molar-refractivity contribution in [2.45, 2.75) is 58.2 Å². The Bertz CT molecular complexity index is 618. The molecule has 5 nitrogen and oxygen atoms in total. The van der Waals surface area contributed by atoms with E-state index >= 15 is 0 Å². The van der Waals surface area contributed by atoms with Crippen LogP contribution in [-0.4, -0.2) is 27.5 Å². The van der Waals surface area contributed by atoms with Crippen LogP contribution >= 0.6 is 0 Å². The predicted molar refractivity (Wildman–Crippen MR) is 74.5 cm³/mol. The highest BCUT2D eigenvalue weighted by molar-refractivity contribution is 5.25. The molecule has 1 aliphatic heterocycles. The number of aryl methyl sites for hydroxylation is 1. The van der Waals surface area contributed by atoms with Crippen LogP contribution in [0, 0.1) is 6.92 Å². The molecule has 0 spiro atoms. The first-order valence-corrected chi connectivity index (χ1v) is 7.02. The summed E-state index contributed by atoms with van der Waals surface area (Å²) in [4.78, 5) is 16.4. The molecule has 0 bridgehead atoms. The van der Waals surface area contributed by atoms with E-state index in [-0.39, 0.29) is 23.8 Å². The highest BCUT2D eigenvalue weighted by Crippen LogP contribution is 2.43. The molecule has 0 saturated carbocycles. The number of ether oxygens (including phenoxy) is 2. The zero-order valence-corrected chi connectivity index (χ0v) is 12.3. The molecule has 0 unspecified atom stereocenters. The van der Waals surface area contributed by atoms with Crippen LogP contribution in [0.5, 0.6) is 0 Å². The Morgan fingerprint density at radius 2 is 2.15 bits per heavy atom. The maximum absolute atomic E-state index is 12.2. The molecule has 5 heteroatoms. The Hall–Kier alpha value is -1.46. The third-order valence-electron chi connectivity index (χ3n) is 3.92. The molecule has 2 aliphatic rings. The van der Waals surface area contributed by atoms with Crippen molar-refractivity contribution >= 4 is 0 Å². The fourth-order valence-corrected chi connectivity index (χ4v) is 3.02. The summed E-state index contributed by atoms with van der Waals surface area (Å²) in [5, 5.41) is 0. The molecule has 0 radical (unpaired) electrons. The predicted octanol–water partition coefficient (Wildman–Crippen LogP) is 1.96. The van der Waals surface area contributed by atoms with Gasteiger partial charge in [-0.2, -0.15) is 0 Å². The van der Waals surface area contributed by atoms with Gasteiger partial charge in [-0.1, -0.05) is 13.0 Å². The average Bonchev–Trinajstić information content (AvgIpc) is 2.83. The summed E-state index contributed by atoms with van der Waals surface area (Å²) in [5.74, 6) is -0.607. The minimum absolute atomic E-state index is 0.0526. The Morgan fingerprint density at radius 1 is 1.40 bits per heavy atom. The van der Waals surface area contributed by atoms with Gasteiger partial charge in [0.25, 0.3) is 5.56 Å². The maximum Gasteiger partial charge on any atom is 0.254 e. The lowest BCUT2D eigenvalue weighted by molar-refractivity contribution is -0.148. The van der Waals surface area contributed by atoms with Crippen molar-refractivity contribution in [2.75, 3.05) is 0 Å². The van der Waals surface area contributed by atoms with Crippen LogP contribution in [-0.2, 0) is 9.47 Å². The van der Waals surface area contributed by atoms with E-state index in [1.54, 1.807) is 17.0 Å². The van der Waals surface area contributed by atoms with E-state index in [0.29, 0.717) is 0 Å². The van der Waals surface area contributed by atoms with Crippen molar-refractivity contribution in [3.8, 4) is 0 Å². The fraction of sp³-hybridized carbons (Fsp3) is 0.600. The number of hydrogen-bond donors (Lipinski definition) is 0. The van der Waals surface area contributed by atoms with Crippen LogP contribution in [0.3, 0.4) is 0 Å². The first-order valence-electron chi connectivity index (χ1n) is 7.02. The Kier molecular flexibility index (Phi) is 3.06. The van der Waals surface area contributed by atoms with Crippen LogP contribution in [0.25, 0.3) is 0 Å². The molecule has 3 rings (SSSR count). The second kappa shape index (κ2) is 4.53. The number of rotatable bonds is 2. The molecule has 2 heterocycles. The van der Waals surface area contributed by atoms with Crippen molar-refractivity contribution in [3.05, 3.63) is 40.1 Å². The van der Waals surface area contributed by atoms with Crippen LogP contribution in [0.1, 0.15) is 38.9 Å². The summed E-state index contributed by atoms with van der Waals surface area (Å²) in [5.41, 5.74) is 1.87. The van der Waals surface area contributed by atoms with Gasteiger partial charge in [-0.05, 0) is 32.8 Å². The summed E-state index contributed by atoms with van der Waals surface area (Å²) >= 11 is 0. The topological polar surface area (TPSA) is 53.4 Å². The average molecular weight is 276 g/mol. The quantitative estimate of drug-likeness (QED) is 0.775. The largest absolute Gasteiger partial charge is 0.342 e. The lowest BCUT2D eigenvalue weighted by atomic mass is 10.1. The molecular weight excluding hydrogens is 256 g/mol. The summed E-state index contributed by atoms with van der Waals surface area (Å²) < 4.78 is 13.6. The van der Waals surface area contributed by atoms with Crippen LogP contribution in [0.15, 0.2) is 28.8 Å². The van der Waals surface area contributed by atoms with Gasteiger partial charge in [0, 0.05) is 11.8 Å². The van der Waals surface area contributed by atoms with E-state index in [9.17, 15) is 4.79 Å². The molecule has 0 N–H and O–H groups in total. The van der Waals surface area contributed by atoms with Crippen molar-refractivity contribution in [1.29, 1.82) is 0 Å². The highest BCUT2D eigenvalue weighted by Gasteiger charge is 2.50. The molecule has 1 fully saturated rings. The highest BCUT2D eigenvalue weighted by atomic mass is 16.8. The maximum atomic E-state index is 12.2. The second-order valence-corrected chi connectivity index (χ2v) is 5.88. The Labute approximate surface area is 118 Å². The SMILES string of the molecule is CCC1=C[C@@H](n2cnc(C)cc2=O)[C@@H]2OC(C)(C)O[C@H]12. The molecule has 108 valence electrons. The summed E-state index contributed by atoms with van der Waals surface area (Å²) in [6.07, 6.45) is 4.37. The van der Waals surface area contributed by atoms with E-state index in [0.717, 1.165) is 12.1 Å². The van der Waals surface area contributed by atoms with Gasteiger partial charge < -0.3 is 9.47 Å². The number of fused-ring (bicyclic) bond motifs is 1. The summed E-state index contributed by atoms with van der Waals surface area (Å²) in [6.45, 7) is 7.72. The minimum Gasteiger partial charge on any atom is -0.342 e. The van der Waals surface area contributed by atoms with Crippen LogP contribution in [0.2, 0.25) is 0 Å². The van der Waals surface area contributed by atoms with Gasteiger partial charge in [0.1, 0.15) is 12.2 Å². The van der Waals surface area contributed by atoms with E-state index in [4.69, 9.17) is 9.47 Å². The Balaban J connectivity index is 2.01. The molecule has 0 aromatic carbocycles. The van der Waals surface area contributed by atoms with E-state index in [1.165, 1.54) is 5.57 Å². The lowest BCUT2D eigenvalue weighted by Crippen LogP contribution is -2.33. The van der Waals surface area contributed by atoms with Gasteiger partial charge in [-0.25, -0.2) is 4.98 Å². The van der Waals surface area contributed by atoms with Gasteiger partial charge in [0.05, 0.1) is 12.4 Å². The zero-order chi connectivity index (χ0) is 14.5. The molecule has 20 heavy (non-hydrogen) atoms. The standard InChI is InChI=1S/C15H20N2O3/c1-5-10-7-11(14-13(10)19-15(3,4)20-14)17-8-16-9(2)6-12(17)18/h6-8,11,13-14H,5H2,1-4H3/t11-,13-,14+/m1/s1. The molecule has 1 aromatic rings. The smallest absolute Gasteiger partial charge is 0.254 e. The first kappa shape index (κ1) is 13.5. The number of nitrogens with zero attached hydrogens (tertiary/aromatic N) is 2. The van der Waals surface area contributed by atoms with Crippen molar-refractivity contribution in [1.82, 2.24) is 9.55 Å². The summed E-state index contributed by atoms with van der Waals surface area (Å²) in [6, 6.07) is 1.41. The van der Waals surface area contributed by atoms with Crippen molar-refractivity contribution in [3.63, 3.8) is 0 Å². The minimum atomic E-state index is -0.607. The normalized spacial score (nSPS) is 31.2. The number of hydrogen-bond acceptors (Lipinski definition) is 4. The first-order chi connectivity index (χ1) is 9.41. The van der Waals surface area contributed by atoms with E-state index < -0.39 is 5.79 Å². The summed E-state index contributed by atoms with van der Waals surface area (Å²) in [7, 11) is 0. The van der Waals surface area contributed by atoms with E-state index in [2.05, 4.69) is 18.0 Å². The molecule has 1 aliphatic carbocycles. The molecule has 3 atom stereocenters. The van der Waals surface area contributed by atoms with Crippen LogP contribution in [0.4, 0.5) is 0 Å². The molecule has 0 amide bonds. The van der Waals surface area contributed by atoms with Gasteiger partial charge in [-0.3, -0.25) is 9.36 Å². The third kappa shape index (κ3) is 2.11. The Morgan fingerprint density at radius 3 is 2.80 bits per heavy atom. The van der Waals surface area contributed by atoms with Gasteiger partial charge in [-0.15, -0.1) is 0 Å². The second-order valence-electron chi connectivity index (χ2n) is 5.88. The van der Waals surface area contributed by atoms with Gasteiger partial charge in [0.15, 0.2) is 5.79 Å². The van der Waals surface area contributed by atoms with Gasteiger partial charge in [0.2, 0.25) is 0 Å². The van der Waals surface area contributed by atoms with Gasteiger partial charge >= 0.3 is 0 Å². The molecule has 1 saturated heterocycles. The fourth-order valence-electron chi connectivity index (χ4n) is 3.02. The third-order valence-corrected chi connectivity index (χ3v) is 3.92. The lowest BCUT2D eigenvalue weighted by Gasteiger charge is -2.22. The van der Waals surface area contributed by atoms with Crippen LogP contribution < -0.4 is 5.56 Å². The molecular formula is C15H20N2O3. The zero-order valence-electron chi connectivity index (χ0n) is 12.3.